The zero-order valence-corrected chi connectivity index (χ0v) is 14.1. The molecule has 0 radical (unpaired) electrons. The van der Waals surface area contributed by atoms with E-state index >= 15 is 0 Å². The number of benzene rings is 1. The first kappa shape index (κ1) is 17.7. The Hall–Kier alpha value is -2.69. The van der Waals surface area contributed by atoms with E-state index in [0.29, 0.717) is 5.39 Å². The third kappa shape index (κ3) is 4.19. The molecule has 1 aromatic heterocycles. The maximum absolute atomic E-state index is 11.7. The molecule has 1 heterocycles. The number of phenolic OH excluding ortho intramolecular Hbond substituents is 1. The highest BCUT2D eigenvalue weighted by atomic mass is 16.5. The topological polar surface area (TPSA) is 79.9 Å². The molecule has 0 saturated heterocycles. The van der Waals surface area contributed by atoms with Crippen LogP contribution in [0.1, 0.15) is 33.6 Å². The van der Waals surface area contributed by atoms with Gasteiger partial charge in [0.15, 0.2) is 17.1 Å². The van der Waals surface area contributed by atoms with Crippen LogP contribution in [0, 0.1) is 0 Å². The normalized spacial score (nSPS) is 11.5. The molecule has 0 bridgehead atoms. The number of fused-ring (bicyclic) bond motifs is 1. The van der Waals surface area contributed by atoms with Gasteiger partial charge in [-0.1, -0.05) is 23.3 Å². The highest BCUT2D eigenvalue weighted by Crippen LogP contribution is 2.35. The summed E-state index contributed by atoms with van der Waals surface area (Å²) in [7, 11) is 0. The van der Waals surface area contributed by atoms with Crippen molar-refractivity contribution < 1.29 is 19.4 Å². The van der Waals surface area contributed by atoms with Crippen LogP contribution in [-0.2, 0) is 0 Å². The number of allylic oxidation sites excluding steroid dienone is 3. The van der Waals surface area contributed by atoms with Crippen molar-refractivity contribution in [3.8, 4) is 17.2 Å². The smallest absolute Gasteiger partial charge is 0.382 e. The first-order valence-corrected chi connectivity index (χ1v) is 7.79. The highest BCUT2D eigenvalue weighted by molar-refractivity contribution is 5.89. The van der Waals surface area contributed by atoms with Crippen LogP contribution in [0.5, 0.6) is 17.2 Å². The summed E-state index contributed by atoms with van der Waals surface area (Å²) in [5, 5.41) is 20.0. The van der Waals surface area contributed by atoms with E-state index in [2.05, 4.69) is 19.9 Å². The van der Waals surface area contributed by atoms with Gasteiger partial charge in [-0.15, -0.1) is 0 Å². The second-order valence-corrected chi connectivity index (χ2v) is 5.90. The van der Waals surface area contributed by atoms with Crippen LogP contribution in [0.15, 0.2) is 50.7 Å². The molecule has 2 rings (SSSR count). The zero-order chi connectivity index (χ0) is 17.7. The number of aromatic hydroxyl groups is 2. The molecule has 0 aliphatic heterocycles. The number of para-hydroxylation sites is 1. The molecule has 0 aliphatic carbocycles. The fourth-order valence-corrected chi connectivity index (χ4v) is 2.28. The predicted octanol–water partition coefficient (Wildman–Crippen LogP) is 4.28. The van der Waals surface area contributed by atoms with E-state index in [1.807, 2.05) is 13.0 Å². The van der Waals surface area contributed by atoms with Crippen LogP contribution in [0.2, 0.25) is 0 Å². The van der Waals surface area contributed by atoms with E-state index in [9.17, 15) is 15.0 Å². The van der Waals surface area contributed by atoms with Gasteiger partial charge in [-0.2, -0.15) is 0 Å². The summed E-state index contributed by atoms with van der Waals surface area (Å²) >= 11 is 0. The number of rotatable bonds is 6. The van der Waals surface area contributed by atoms with Crippen molar-refractivity contribution >= 4 is 11.0 Å². The van der Waals surface area contributed by atoms with E-state index in [4.69, 9.17) is 9.15 Å². The van der Waals surface area contributed by atoms with Gasteiger partial charge in [0.2, 0.25) is 5.75 Å². The Balaban J connectivity index is 2.18. The quantitative estimate of drug-likeness (QED) is 0.610. The summed E-state index contributed by atoms with van der Waals surface area (Å²) in [6.45, 7) is 6.34. The van der Waals surface area contributed by atoms with Crippen LogP contribution in [0.3, 0.4) is 0 Å². The number of hydrogen-bond donors (Lipinski definition) is 2. The molecule has 2 aromatic rings. The van der Waals surface area contributed by atoms with Gasteiger partial charge in [-0.3, -0.25) is 0 Å². The number of ether oxygens (including phenoxy) is 1. The number of phenols is 1. The average Bonchev–Trinajstić information content (AvgIpc) is 2.52. The second-order valence-electron chi connectivity index (χ2n) is 5.90. The molecule has 0 unspecified atom stereocenters. The van der Waals surface area contributed by atoms with Crippen molar-refractivity contribution in [1.29, 1.82) is 0 Å². The molecule has 0 amide bonds. The van der Waals surface area contributed by atoms with Crippen molar-refractivity contribution in [2.24, 2.45) is 0 Å². The average molecular weight is 330 g/mol. The first-order chi connectivity index (χ1) is 11.4. The van der Waals surface area contributed by atoms with Crippen LogP contribution in [-0.4, -0.2) is 16.8 Å². The van der Waals surface area contributed by atoms with Gasteiger partial charge >= 0.3 is 5.63 Å². The third-order valence-corrected chi connectivity index (χ3v) is 3.59. The summed E-state index contributed by atoms with van der Waals surface area (Å²) in [4.78, 5) is 11.7. The fourth-order valence-electron chi connectivity index (χ4n) is 2.28. The molecule has 0 saturated carbocycles. The third-order valence-electron chi connectivity index (χ3n) is 3.59. The summed E-state index contributed by atoms with van der Waals surface area (Å²) < 4.78 is 10.5. The molecule has 0 fully saturated rings. The van der Waals surface area contributed by atoms with Gasteiger partial charge in [0.05, 0.1) is 5.39 Å². The Kier molecular flexibility index (Phi) is 5.68. The molecule has 5 heteroatoms. The van der Waals surface area contributed by atoms with Gasteiger partial charge < -0.3 is 19.4 Å². The predicted molar refractivity (Wildman–Crippen MR) is 93.7 cm³/mol. The van der Waals surface area contributed by atoms with Crippen molar-refractivity contribution in [2.45, 2.75) is 33.6 Å². The lowest BCUT2D eigenvalue weighted by Crippen LogP contribution is -2.04. The molecular weight excluding hydrogens is 308 g/mol. The van der Waals surface area contributed by atoms with E-state index in [1.54, 1.807) is 12.1 Å². The summed E-state index contributed by atoms with van der Waals surface area (Å²) in [5.74, 6) is -0.753. The van der Waals surface area contributed by atoms with Crippen LogP contribution in [0.25, 0.3) is 11.0 Å². The highest BCUT2D eigenvalue weighted by Gasteiger charge is 2.16. The Morgan fingerprint density at radius 2 is 1.96 bits per heavy atom. The lowest BCUT2D eigenvalue weighted by Gasteiger charge is -2.09. The Morgan fingerprint density at radius 1 is 1.21 bits per heavy atom. The van der Waals surface area contributed by atoms with Gasteiger partial charge in [-0.25, -0.2) is 4.79 Å². The van der Waals surface area contributed by atoms with Crippen molar-refractivity contribution in [3.63, 3.8) is 0 Å². The molecule has 24 heavy (non-hydrogen) atoms. The lowest BCUT2D eigenvalue weighted by atomic mass is 10.1. The Morgan fingerprint density at radius 3 is 2.67 bits per heavy atom. The largest absolute Gasteiger partial charge is 0.504 e. The van der Waals surface area contributed by atoms with E-state index in [-0.39, 0.29) is 23.7 Å². The molecule has 0 aliphatic rings. The van der Waals surface area contributed by atoms with Crippen LogP contribution < -0.4 is 10.4 Å². The Labute approximate surface area is 140 Å². The Bertz CT molecular complexity index is 839. The van der Waals surface area contributed by atoms with Crippen molar-refractivity contribution in [2.75, 3.05) is 6.61 Å². The molecule has 1 aromatic carbocycles. The van der Waals surface area contributed by atoms with E-state index in [1.165, 1.54) is 11.6 Å². The van der Waals surface area contributed by atoms with Gasteiger partial charge in [0.1, 0.15) is 6.61 Å². The SMILES string of the molecule is CC(C)=CCC/C(C)=C/COc1c(O)c(=O)oc2c(O)cccc12. The van der Waals surface area contributed by atoms with E-state index < -0.39 is 11.4 Å². The number of hydrogen-bond acceptors (Lipinski definition) is 5. The molecule has 2 N–H and O–H groups in total. The van der Waals surface area contributed by atoms with Crippen molar-refractivity contribution in [3.05, 3.63) is 51.9 Å². The minimum absolute atomic E-state index is 0.000408. The second kappa shape index (κ2) is 7.73. The van der Waals surface area contributed by atoms with Crippen LogP contribution in [0.4, 0.5) is 0 Å². The summed E-state index contributed by atoms with van der Waals surface area (Å²) in [5.41, 5.74) is 1.50. The maximum atomic E-state index is 11.7. The molecule has 0 spiro atoms. The van der Waals surface area contributed by atoms with Gasteiger partial charge in [0.25, 0.3) is 0 Å². The lowest BCUT2D eigenvalue weighted by molar-refractivity contribution is 0.326. The van der Waals surface area contributed by atoms with Crippen molar-refractivity contribution in [1.82, 2.24) is 0 Å². The summed E-state index contributed by atoms with van der Waals surface area (Å²) in [6, 6.07) is 4.60. The monoisotopic (exact) mass is 330 g/mol. The molecule has 5 nitrogen and oxygen atoms in total. The standard InChI is InChI=1S/C19H22O5/c1-12(2)6-4-7-13(3)10-11-23-18-14-8-5-9-15(20)17(14)24-19(22)16(18)21/h5-6,8-10,20-21H,4,7,11H2,1-3H3/b13-10+. The molecular formula is C19H22O5. The fraction of sp³-hybridized carbons (Fsp3) is 0.316. The molecule has 128 valence electrons. The summed E-state index contributed by atoms with van der Waals surface area (Å²) in [6.07, 6.45) is 5.95. The minimum atomic E-state index is -0.941. The first-order valence-electron chi connectivity index (χ1n) is 7.79. The van der Waals surface area contributed by atoms with E-state index in [0.717, 1.165) is 18.4 Å². The minimum Gasteiger partial charge on any atom is -0.504 e. The van der Waals surface area contributed by atoms with Gasteiger partial charge in [-0.05, 0) is 51.8 Å². The maximum Gasteiger partial charge on any atom is 0.382 e. The zero-order valence-electron chi connectivity index (χ0n) is 14.1. The van der Waals surface area contributed by atoms with Gasteiger partial charge in [0, 0.05) is 0 Å². The van der Waals surface area contributed by atoms with Crippen LogP contribution >= 0.6 is 0 Å². The molecule has 0 atom stereocenters.